The van der Waals surface area contributed by atoms with Gasteiger partial charge in [-0.3, -0.25) is 9.59 Å². The van der Waals surface area contributed by atoms with E-state index in [-0.39, 0.29) is 23.8 Å². The van der Waals surface area contributed by atoms with Crippen LogP contribution in [0, 0.1) is 5.92 Å². The number of para-hydroxylation sites is 1. The molecule has 2 atom stereocenters. The minimum absolute atomic E-state index is 0.0507. The Morgan fingerprint density at radius 2 is 1.79 bits per heavy atom. The first kappa shape index (κ1) is 21.8. The van der Waals surface area contributed by atoms with Crippen LogP contribution in [0.15, 0.2) is 24.3 Å². The number of benzene rings is 1. The molecule has 4 N–H and O–H groups in total. The number of nitrogens with one attached hydrogen (secondary N) is 2. The topological polar surface area (TPSA) is 105 Å². The van der Waals surface area contributed by atoms with Crippen molar-refractivity contribution in [2.24, 2.45) is 11.7 Å². The van der Waals surface area contributed by atoms with Gasteiger partial charge in [-0.1, -0.05) is 12.1 Å². The number of nitrogens with two attached hydrogens (primary N) is 1. The number of likely N-dealkylation sites (N-methyl/N-ethyl adjacent to an activating group) is 1. The Balaban J connectivity index is 1.51. The molecular weight excluding hydrogens is 388 g/mol. The van der Waals surface area contributed by atoms with E-state index in [9.17, 15) is 13.8 Å². The molecule has 1 aromatic carbocycles. The van der Waals surface area contributed by atoms with Gasteiger partial charge in [0.2, 0.25) is 5.91 Å². The van der Waals surface area contributed by atoms with Gasteiger partial charge in [0.1, 0.15) is 11.0 Å². The van der Waals surface area contributed by atoms with Gasteiger partial charge in [-0.05, 0) is 63.0 Å². The van der Waals surface area contributed by atoms with Crippen LogP contribution in [0.2, 0.25) is 0 Å². The summed E-state index contributed by atoms with van der Waals surface area (Å²) in [6.07, 6.45) is 8.15. The average Bonchev–Trinajstić information content (AvgIpc) is 2.66. The maximum atomic E-state index is 12.7. The zero-order valence-electron chi connectivity index (χ0n) is 17.2. The molecule has 0 heterocycles. The van der Waals surface area contributed by atoms with Gasteiger partial charge in [0.05, 0.1) is 17.3 Å². The maximum Gasteiger partial charge on any atom is 0.253 e. The summed E-state index contributed by atoms with van der Waals surface area (Å²) in [6.45, 7) is 0. The van der Waals surface area contributed by atoms with E-state index in [1.165, 1.54) is 12.7 Å². The first-order chi connectivity index (χ1) is 13.9. The monoisotopic (exact) mass is 420 g/mol. The molecule has 2 fully saturated rings. The van der Waals surface area contributed by atoms with E-state index >= 15 is 0 Å². The van der Waals surface area contributed by atoms with E-state index < -0.39 is 17.0 Å². The Kier molecular flexibility index (Phi) is 7.29. The standard InChI is InChI=1S/C21H32N4O3S/c1-25(16-6-5-7-16)21(27)19(22)14-10-12-15(13-11-14)23-20(26)17-8-3-4-9-18(17)24-29(2)28/h3-4,8-9,14-16,19,24H,5-7,10-13,22H2,1-2H3,(H,23,26)/t14?,15?,19-,29?/m0/s1. The fourth-order valence-corrected chi connectivity index (χ4v) is 4.69. The number of nitrogens with zero attached hydrogens (tertiary/aromatic N) is 1. The Bertz CT molecular complexity index is 760. The lowest BCUT2D eigenvalue weighted by Gasteiger charge is -2.39. The van der Waals surface area contributed by atoms with Gasteiger partial charge in [-0.25, -0.2) is 4.21 Å². The Labute approximate surface area is 175 Å². The SMILES string of the molecule is CN(C(=O)[C@@H](N)C1CCC(NC(=O)c2ccccc2NS(C)=O)CC1)C1CCC1. The lowest BCUT2D eigenvalue weighted by molar-refractivity contribution is -0.136. The predicted molar refractivity (Wildman–Crippen MR) is 116 cm³/mol. The summed E-state index contributed by atoms with van der Waals surface area (Å²) < 4.78 is 14.3. The van der Waals surface area contributed by atoms with E-state index in [4.69, 9.17) is 5.73 Å². The van der Waals surface area contributed by atoms with E-state index in [2.05, 4.69) is 10.0 Å². The van der Waals surface area contributed by atoms with E-state index in [1.54, 1.807) is 24.3 Å². The van der Waals surface area contributed by atoms with Crippen LogP contribution in [-0.2, 0) is 15.8 Å². The van der Waals surface area contributed by atoms with Crippen LogP contribution in [-0.4, -0.2) is 52.4 Å². The van der Waals surface area contributed by atoms with Crippen molar-refractivity contribution in [1.29, 1.82) is 0 Å². The number of anilines is 1. The van der Waals surface area contributed by atoms with Gasteiger partial charge in [-0.15, -0.1) is 0 Å². The molecule has 0 aromatic heterocycles. The summed E-state index contributed by atoms with van der Waals surface area (Å²) >= 11 is 0. The summed E-state index contributed by atoms with van der Waals surface area (Å²) in [5, 5.41) is 3.08. The average molecular weight is 421 g/mol. The lowest BCUT2D eigenvalue weighted by atomic mass is 9.80. The van der Waals surface area contributed by atoms with Crippen molar-refractivity contribution >= 4 is 28.5 Å². The highest BCUT2D eigenvalue weighted by Gasteiger charge is 2.34. The Hall–Kier alpha value is -1.93. The molecule has 2 aliphatic rings. The molecule has 0 spiro atoms. The Morgan fingerprint density at radius 3 is 2.38 bits per heavy atom. The summed E-state index contributed by atoms with van der Waals surface area (Å²) in [6, 6.07) is 7.02. The van der Waals surface area contributed by atoms with Crippen LogP contribution in [0.25, 0.3) is 0 Å². The molecule has 7 nitrogen and oxygen atoms in total. The van der Waals surface area contributed by atoms with Crippen LogP contribution in [0.1, 0.15) is 55.3 Å². The molecule has 0 saturated heterocycles. The van der Waals surface area contributed by atoms with Gasteiger partial charge in [0, 0.05) is 25.4 Å². The van der Waals surface area contributed by atoms with E-state index in [1.807, 2.05) is 11.9 Å². The molecule has 3 rings (SSSR count). The second kappa shape index (κ2) is 9.71. The van der Waals surface area contributed by atoms with Crippen LogP contribution in [0.5, 0.6) is 0 Å². The highest BCUT2D eigenvalue weighted by Crippen LogP contribution is 2.29. The van der Waals surface area contributed by atoms with Crippen molar-refractivity contribution in [3.63, 3.8) is 0 Å². The predicted octanol–water partition coefficient (Wildman–Crippen LogP) is 2.02. The van der Waals surface area contributed by atoms with Crippen LogP contribution < -0.4 is 15.8 Å². The third-order valence-corrected chi connectivity index (χ3v) is 6.80. The van der Waals surface area contributed by atoms with Crippen molar-refractivity contribution in [2.75, 3.05) is 18.0 Å². The number of amides is 2. The molecule has 0 bridgehead atoms. The maximum absolute atomic E-state index is 12.7. The molecule has 160 valence electrons. The van der Waals surface area contributed by atoms with Crippen molar-refractivity contribution in [2.45, 2.75) is 63.1 Å². The normalized spacial score (nSPS) is 24.1. The molecule has 1 aromatic rings. The fraction of sp³-hybridized carbons (Fsp3) is 0.619. The number of hydrogen-bond donors (Lipinski definition) is 3. The lowest BCUT2D eigenvalue weighted by Crippen LogP contribution is -2.52. The van der Waals surface area contributed by atoms with Crippen molar-refractivity contribution < 1.29 is 13.8 Å². The number of rotatable bonds is 7. The van der Waals surface area contributed by atoms with E-state index in [0.29, 0.717) is 17.3 Å². The zero-order valence-corrected chi connectivity index (χ0v) is 18.0. The second-order valence-electron chi connectivity index (χ2n) is 8.25. The molecule has 2 amide bonds. The molecule has 29 heavy (non-hydrogen) atoms. The third-order valence-electron chi connectivity index (χ3n) is 6.30. The highest BCUT2D eigenvalue weighted by molar-refractivity contribution is 7.85. The molecule has 8 heteroatoms. The highest BCUT2D eigenvalue weighted by atomic mass is 32.2. The van der Waals surface area contributed by atoms with Gasteiger partial charge < -0.3 is 20.7 Å². The summed E-state index contributed by atoms with van der Waals surface area (Å²) in [7, 11) is 0.619. The van der Waals surface area contributed by atoms with Gasteiger partial charge >= 0.3 is 0 Å². The number of carbonyl (C=O) groups is 2. The van der Waals surface area contributed by atoms with Gasteiger partial charge in [0.15, 0.2) is 0 Å². The molecule has 0 radical (unpaired) electrons. The zero-order chi connectivity index (χ0) is 21.0. The van der Waals surface area contributed by atoms with E-state index in [0.717, 1.165) is 38.5 Å². The van der Waals surface area contributed by atoms with Gasteiger partial charge in [-0.2, -0.15) is 0 Å². The first-order valence-electron chi connectivity index (χ1n) is 10.4. The minimum atomic E-state index is -1.25. The second-order valence-corrected chi connectivity index (χ2v) is 9.36. The molecule has 2 aliphatic carbocycles. The first-order valence-corrected chi connectivity index (χ1v) is 11.9. The fourth-order valence-electron chi connectivity index (χ4n) is 4.20. The van der Waals surface area contributed by atoms with Crippen molar-refractivity contribution in [3.8, 4) is 0 Å². The largest absolute Gasteiger partial charge is 0.349 e. The van der Waals surface area contributed by atoms with Gasteiger partial charge in [0.25, 0.3) is 5.91 Å². The van der Waals surface area contributed by atoms with Crippen LogP contribution in [0.3, 0.4) is 0 Å². The quantitative estimate of drug-likeness (QED) is 0.628. The van der Waals surface area contributed by atoms with Crippen LogP contribution in [0.4, 0.5) is 5.69 Å². The van der Waals surface area contributed by atoms with Crippen molar-refractivity contribution in [3.05, 3.63) is 29.8 Å². The van der Waals surface area contributed by atoms with Crippen LogP contribution >= 0.6 is 0 Å². The third kappa shape index (κ3) is 5.36. The molecule has 0 aliphatic heterocycles. The molecular formula is C21H32N4O3S. The molecule has 2 saturated carbocycles. The van der Waals surface area contributed by atoms with Crippen molar-refractivity contribution in [1.82, 2.24) is 10.2 Å². The Morgan fingerprint density at radius 1 is 1.14 bits per heavy atom. The smallest absolute Gasteiger partial charge is 0.253 e. The number of hydrogen-bond acceptors (Lipinski definition) is 4. The summed E-state index contributed by atoms with van der Waals surface area (Å²) in [5.41, 5.74) is 7.34. The number of carbonyl (C=O) groups excluding carboxylic acids is 2. The summed E-state index contributed by atoms with van der Waals surface area (Å²) in [5.74, 6) is 0.0384. The minimum Gasteiger partial charge on any atom is -0.349 e. The molecule has 1 unspecified atom stereocenters. The summed E-state index contributed by atoms with van der Waals surface area (Å²) in [4.78, 5) is 27.2.